The fraction of sp³-hybridized carbons (Fsp3) is 0.0909. The maximum atomic E-state index is 12.9. The number of fused-ring (bicyclic) bond motifs is 1. The van der Waals surface area contributed by atoms with Crippen LogP contribution in [0.15, 0.2) is 60.1 Å². The molecule has 6 nitrogen and oxygen atoms in total. The molecule has 0 aliphatic carbocycles. The van der Waals surface area contributed by atoms with Crippen molar-refractivity contribution in [3.8, 4) is 11.3 Å². The van der Waals surface area contributed by atoms with Gasteiger partial charge in [-0.15, -0.1) is 11.3 Å². The highest BCUT2D eigenvalue weighted by molar-refractivity contribution is 7.11. The van der Waals surface area contributed by atoms with Crippen LogP contribution in [0.1, 0.15) is 31.3 Å². The van der Waals surface area contributed by atoms with Gasteiger partial charge in [0.15, 0.2) is 0 Å². The van der Waals surface area contributed by atoms with Gasteiger partial charge >= 0.3 is 0 Å². The minimum atomic E-state index is -0.410. The summed E-state index contributed by atoms with van der Waals surface area (Å²) in [7, 11) is 0. The maximum Gasteiger partial charge on any atom is 0.281 e. The Morgan fingerprint density at radius 3 is 2.38 bits per heavy atom. The quantitative estimate of drug-likeness (QED) is 0.507. The molecule has 2 amide bonds. The number of carbonyl (C=O) groups is 2. The molecular formula is C22H18N4O2S. The van der Waals surface area contributed by atoms with Gasteiger partial charge in [0.2, 0.25) is 0 Å². The number of aryl methyl sites for hydroxylation is 2. The van der Waals surface area contributed by atoms with Gasteiger partial charge in [-0.1, -0.05) is 48.0 Å². The summed E-state index contributed by atoms with van der Waals surface area (Å²) >= 11 is 1.22. The molecule has 7 heteroatoms. The van der Waals surface area contributed by atoms with Gasteiger partial charge in [-0.2, -0.15) is 0 Å². The van der Waals surface area contributed by atoms with Crippen LogP contribution in [-0.4, -0.2) is 21.8 Å². The number of pyridine rings is 1. The number of hydrazine groups is 1. The lowest BCUT2D eigenvalue weighted by molar-refractivity contribution is 0.0849. The summed E-state index contributed by atoms with van der Waals surface area (Å²) in [6, 6.07) is 17.1. The average molecular weight is 402 g/mol. The molecule has 2 heterocycles. The van der Waals surface area contributed by atoms with Gasteiger partial charge in [0.25, 0.3) is 11.8 Å². The number of aromatic nitrogens is 2. The van der Waals surface area contributed by atoms with Crippen LogP contribution in [0.5, 0.6) is 0 Å². The molecule has 0 radical (unpaired) electrons. The molecule has 0 aliphatic heterocycles. The van der Waals surface area contributed by atoms with E-state index < -0.39 is 11.8 Å². The summed E-state index contributed by atoms with van der Waals surface area (Å²) in [6.07, 6.45) is 0. The van der Waals surface area contributed by atoms with Gasteiger partial charge < -0.3 is 0 Å². The SMILES string of the molecule is Cc1ccc(-c2cc(C(=O)NNC(=O)c3scnc3C)c3ccccc3n2)cc1. The molecule has 0 atom stereocenters. The van der Waals surface area contributed by atoms with Crippen molar-refractivity contribution >= 4 is 34.1 Å². The third-order valence-electron chi connectivity index (χ3n) is 4.55. The summed E-state index contributed by atoms with van der Waals surface area (Å²) in [5.74, 6) is -0.803. The van der Waals surface area contributed by atoms with Crippen LogP contribution in [-0.2, 0) is 0 Å². The largest absolute Gasteiger partial charge is 0.281 e. The minimum Gasteiger partial charge on any atom is -0.267 e. The zero-order valence-electron chi connectivity index (χ0n) is 15.9. The summed E-state index contributed by atoms with van der Waals surface area (Å²) in [5.41, 5.74) is 11.1. The molecule has 0 spiro atoms. The number of hydrogen-bond donors (Lipinski definition) is 2. The molecule has 0 saturated carbocycles. The van der Waals surface area contributed by atoms with Crippen molar-refractivity contribution in [1.29, 1.82) is 0 Å². The number of hydrogen-bond acceptors (Lipinski definition) is 5. The van der Waals surface area contributed by atoms with E-state index in [0.29, 0.717) is 32.7 Å². The second kappa shape index (κ2) is 7.81. The topological polar surface area (TPSA) is 84.0 Å². The van der Waals surface area contributed by atoms with E-state index in [1.807, 2.05) is 55.5 Å². The fourth-order valence-electron chi connectivity index (χ4n) is 2.99. The summed E-state index contributed by atoms with van der Waals surface area (Å²) in [5, 5.41) is 0.712. The van der Waals surface area contributed by atoms with E-state index >= 15 is 0 Å². The standard InChI is InChI=1S/C22H18N4O2S/c1-13-7-9-15(10-8-13)19-11-17(16-5-3-4-6-18(16)24-19)21(27)25-26-22(28)20-14(2)23-12-29-20/h3-12H,1-2H3,(H,25,27)(H,26,28). The zero-order chi connectivity index (χ0) is 20.4. The fourth-order valence-corrected chi connectivity index (χ4v) is 3.69. The second-order valence-electron chi connectivity index (χ2n) is 6.61. The Morgan fingerprint density at radius 1 is 0.931 bits per heavy atom. The maximum absolute atomic E-state index is 12.9. The first-order valence-electron chi connectivity index (χ1n) is 9.00. The molecule has 4 aromatic rings. The second-order valence-corrected chi connectivity index (χ2v) is 7.47. The third-order valence-corrected chi connectivity index (χ3v) is 5.48. The van der Waals surface area contributed by atoms with E-state index in [-0.39, 0.29) is 0 Å². The van der Waals surface area contributed by atoms with Crippen LogP contribution in [0.2, 0.25) is 0 Å². The minimum absolute atomic E-state index is 0.393. The van der Waals surface area contributed by atoms with Crippen molar-refractivity contribution in [2.24, 2.45) is 0 Å². The average Bonchev–Trinajstić information content (AvgIpc) is 3.17. The lowest BCUT2D eigenvalue weighted by Gasteiger charge is -2.11. The summed E-state index contributed by atoms with van der Waals surface area (Å²) in [6.45, 7) is 3.77. The van der Waals surface area contributed by atoms with Crippen LogP contribution in [0, 0.1) is 13.8 Å². The molecule has 0 unspecified atom stereocenters. The van der Waals surface area contributed by atoms with Crippen molar-refractivity contribution in [1.82, 2.24) is 20.8 Å². The van der Waals surface area contributed by atoms with E-state index in [2.05, 4.69) is 15.8 Å². The van der Waals surface area contributed by atoms with E-state index in [4.69, 9.17) is 4.98 Å². The number of benzene rings is 2. The molecule has 2 aromatic heterocycles. The predicted octanol–water partition coefficient (Wildman–Crippen LogP) is 4.05. The Balaban J connectivity index is 1.66. The first-order chi connectivity index (χ1) is 14.0. The Kier molecular flexibility index (Phi) is 5.05. The third kappa shape index (κ3) is 3.86. The number of amides is 2. The molecule has 144 valence electrons. The number of carbonyl (C=O) groups excluding carboxylic acids is 2. The van der Waals surface area contributed by atoms with Crippen molar-refractivity contribution in [2.45, 2.75) is 13.8 Å². The number of para-hydroxylation sites is 1. The molecule has 4 rings (SSSR count). The molecule has 0 saturated heterocycles. The van der Waals surface area contributed by atoms with Crippen molar-refractivity contribution < 1.29 is 9.59 Å². The highest BCUT2D eigenvalue weighted by Gasteiger charge is 2.16. The van der Waals surface area contributed by atoms with Crippen LogP contribution in [0.3, 0.4) is 0 Å². The Labute approximate surface area is 171 Å². The zero-order valence-corrected chi connectivity index (χ0v) is 16.7. The molecule has 2 N–H and O–H groups in total. The van der Waals surface area contributed by atoms with Gasteiger partial charge in [-0.05, 0) is 26.0 Å². The number of nitrogens with zero attached hydrogens (tertiary/aromatic N) is 2. The molecule has 0 bridgehead atoms. The van der Waals surface area contributed by atoms with Crippen LogP contribution >= 0.6 is 11.3 Å². The lowest BCUT2D eigenvalue weighted by Crippen LogP contribution is -2.41. The number of rotatable bonds is 3. The molecule has 0 fully saturated rings. The van der Waals surface area contributed by atoms with Crippen molar-refractivity contribution in [3.63, 3.8) is 0 Å². The van der Waals surface area contributed by atoms with E-state index in [0.717, 1.165) is 11.1 Å². The van der Waals surface area contributed by atoms with Gasteiger partial charge in [0, 0.05) is 10.9 Å². The van der Waals surface area contributed by atoms with Gasteiger partial charge in [0.1, 0.15) is 4.88 Å². The van der Waals surface area contributed by atoms with Crippen LogP contribution in [0.4, 0.5) is 0 Å². The van der Waals surface area contributed by atoms with Crippen molar-refractivity contribution in [3.05, 3.63) is 81.8 Å². The van der Waals surface area contributed by atoms with Crippen molar-refractivity contribution in [2.75, 3.05) is 0 Å². The predicted molar refractivity (Wildman–Crippen MR) is 114 cm³/mol. The molecule has 0 aliphatic rings. The lowest BCUT2D eigenvalue weighted by atomic mass is 10.0. The van der Waals surface area contributed by atoms with Crippen LogP contribution in [0.25, 0.3) is 22.2 Å². The highest BCUT2D eigenvalue weighted by atomic mass is 32.1. The normalized spacial score (nSPS) is 10.7. The Hall–Kier alpha value is -3.58. The first-order valence-corrected chi connectivity index (χ1v) is 9.88. The number of nitrogens with one attached hydrogen (secondary N) is 2. The summed E-state index contributed by atoms with van der Waals surface area (Å²) in [4.78, 5) is 34.4. The van der Waals surface area contributed by atoms with Gasteiger partial charge in [0.05, 0.1) is 28.0 Å². The van der Waals surface area contributed by atoms with Crippen LogP contribution < -0.4 is 10.9 Å². The van der Waals surface area contributed by atoms with Gasteiger partial charge in [-0.3, -0.25) is 20.4 Å². The van der Waals surface area contributed by atoms with E-state index in [9.17, 15) is 9.59 Å². The summed E-state index contributed by atoms with van der Waals surface area (Å²) < 4.78 is 0. The number of thiazole rings is 1. The smallest absolute Gasteiger partial charge is 0.267 e. The Bertz CT molecular complexity index is 1220. The molecule has 29 heavy (non-hydrogen) atoms. The molecular weight excluding hydrogens is 384 g/mol. The van der Waals surface area contributed by atoms with Gasteiger partial charge in [-0.25, -0.2) is 9.97 Å². The monoisotopic (exact) mass is 402 g/mol. The van der Waals surface area contributed by atoms with E-state index in [1.54, 1.807) is 18.5 Å². The highest BCUT2D eigenvalue weighted by Crippen LogP contribution is 2.25. The first kappa shape index (κ1) is 18.8. The Morgan fingerprint density at radius 2 is 1.66 bits per heavy atom. The van der Waals surface area contributed by atoms with E-state index in [1.165, 1.54) is 11.3 Å². The molecule has 2 aromatic carbocycles.